The minimum atomic E-state index is -0.0667. The van der Waals surface area contributed by atoms with Gasteiger partial charge in [0.25, 0.3) is 5.91 Å². The third kappa shape index (κ3) is 3.40. The highest BCUT2D eigenvalue weighted by Gasteiger charge is 2.20. The van der Waals surface area contributed by atoms with Crippen LogP contribution in [0.1, 0.15) is 42.2 Å². The number of carbonyl (C=O) groups is 1. The van der Waals surface area contributed by atoms with Gasteiger partial charge in [-0.1, -0.05) is 13.8 Å². The molecular formula is C12H19ClN4O. The maximum Gasteiger partial charge on any atom is 0.254 e. The number of rotatable bonds is 3. The van der Waals surface area contributed by atoms with E-state index in [9.17, 15) is 4.79 Å². The molecule has 18 heavy (non-hydrogen) atoms. The zero-order valence-corrected chi connectivity index (χ0v) is 11.5. The molecule has 0 spiro atoms. The van der Waals surface area contributed by atoms with E-state index in [0.717, 1.165) is 25.2 Å². The Morgan fingerprint density at radius 3 is 2.94 bits per heavy atom. The summed E-state index contributed by atoms with van der Waals surface area (Å²) in [6, 6.07) is 0.225. The van der Waals surface area contributed by atoms with Crippen molar-refractivity contribution in [3.8, 4) is 0 Å². The molecular weight excluding hydrogens is 252 g/mol. The van der Waals surface area contributed by atoms with Crippen LogP contribution in [0.2, 0.25) is 0 Å². The average Bonchev–Trinajstić information content (AvgIpc) is 2.81. The van der Waals surface area contributed by atoms with Crippen molar-refractivity contribution in [2.75, 3.05) is 13.1 Å². The number of nitrogens with zero attached hydrogens (tertiary/aromatic N) is 2. The molecule has 6 heteroatoms. The minimum Gasteiger partial charge on any atom is -0.348 e. The number of aromatic nitrogens is 2. The van der Waals surface area contributed by atoms with Crippen LogP contribution >= 0.6 is 12.4 Å². The van der Waals surface area contributed by atoms with Gasteiger partial charge in [-0.3, -0.25) is 4.79 Å². The highest BCUT2D eigenvalue weighted by Crippen LogP contribution is 2.15. The molecule has 0 radical (unpaired) electrons. The van der Waals surface area contributed by atoms with E-state index in [-0.39, 0.29) is 30.3 Å². The van der Waals surface area contributed by atoms with Gasteiger partial charge in [0.2, 0.25) is 0 Å². The fraction of sp³-hybridized carbons (Fsp3) is 0.583. The Morgan fingerprint density at radius 1 is 1.56 bits per heavy atom. The predicted molar refractivity (Wildman–Crippen MR) is 72.1 cm³/mol. The van der Waals surface area contributed by atoms with Crippen molar-refractivity contribution in [3.63, 3.8) is 0 Å². The summed E-state index contributed by atoms with van der Waals surface area (Å²) in [5.74, 6) is 0.156. The first-order valence-corrected chi connectivity index (χ1v) is 6.00. The average molecular weight is 271 g/mol. The Hall–Kier alpha value is -1.20. The quantitative estimate of drug-likeness (QED) is 0.864. The normalized spacial score (nSPS) is 18.5. The second kappa shape index (κ2) is 6.66. The van der Waals surface area contributed by atoms with E-state index < -0.39 is 0 Å². The lowest BCUT2D eigenvalue weighted by molar-refractivity contribution is 0.0938. The minimum absolute atomic E-state index is 0. The van der Waals surface area contributed by atoms with Gasteiger partial charge in [-0.25, -0.2) is 9.97 Å². The Bertz CT molecular complexity index is 405. The Kier molecular flexibility index (Phi) is 5.50. The van der Waals surface area contributed by atoms with Crippen molar-refractivity contribution in [2.24, 2.45) is 0 Å². The summed E-state index contributed by atoms with van der Waals surface area (Å²) in [7, 11) is 0. The topological polar surface area (TPSA) is 66.9 Å². The number of hydrogen-bond donors (Lipinski definition) is 2. The first-order chi connectivity index (χ1) is 8.18. The van der Waals surface area contributed by atoms with Gasteiger partial charge in [0.1, 0.15) is 6.33 Å². The van der Waals surface area contributed by atoms with Crippen molar-refractivity contribution in [1.82, 2.24) is 20.6 Å². The molecule has 1 fully saturated rings. The lowest BCUT2D eigenvalue weighted by atomic mass is 10.0. The summed E-state index contributed by atoms with van der Waals surface area (Å²) in [5.41, 5.74) is 1.40. The van der Waals surface area contributed by atoms with E-state index in [1.165, 1.54) is 6.33 Å². The summed E-state index contributed by atoms with van der Waals surface area (Å²) in [4.78, 5) is 20.2. The van der Waals surface area contributed by atoms with E-state index in [1.54, 1.807) is 6.20 Å². The van der Waals surface area contributed by atoms with Gasteiger partial charge >= 0.3 is 0 Å². The van der Waals surface area contributed by atoms with Gasteiger partial charge in [0.15, 0.2) is 0 Å². The summed E-state index contributed by atoms with van der Waals surface area (Å²) < 4.78 is 0. The molecule has 1 unspecified atom stereocenters. The van der Waals surface area contributed by atoms with E-state index in [0.29, 0.717) is 5.56 Å². The van der Waals surface area contributed by atoms with Crippen molar-refractivity contribution in [2.45, 2.75) is 32.2 Å². The van der Waals surface area contributed by atoms with Crippen LogP contribution < -0.4 is 10.6 Å². The van der Waals surface area contributed by atoms with Crippen LogP contribution in [0.25, 0.3) is 0 Å². The van der Waals surface area contributed by atoms with Crippen LogP contribution in [-0.2, 0) is 0 Å². The SMILES string of the molecule is CC(C)c1ncncc1C(=O)NC1CCNC1.Cl. The number of halogens is 1. The summed E-state index contributed by atoms with van der Waals surface area (Å²) in [5, 5.41) is 6.23. The van der Waals surface area contributed by atoms with E-state index in [1.807, 2.05) is 13.8 Å². The number of carbonyl (C=O) groups excluding carboxylic acids is 1. The number of hydrogen-bond acceptors (Lipinski definition) is 4. The molecule has 1 aliphatic rings. The van der Waals surface area contributed by atoms with Crippen LogP contribution in [0.5, 0.6) is 0 Å². The maximum atomic E-state index is 12.1. The van der Waals surface area contributed by atoms with Gasteiger partial charge < -0.3 is 10.6 Å². The molecule has 1 atom stereocenters. The molecule has 100 valence electrons. The van der Waals surface area contributed by atoms with Gasteiger partial charge in [-0.05, 0) is 18.9 Å². The molecule has 1 aromatic heterocycles. The second-order valence-electron chi connectivity index (χ2n) is 4.64. The molecule has 0 aliphatic carbocycles. The summed E-state index contributed by atoms with van der Waals surface area (Å²) in [6.07, 6.45) is 4.07. The van der Waals surface area contributed by atoms with Crippen molar-refractivity contribution < 1.29 is 4.79 Å². The molecule has 2 heterocycles. The summed E-state index contributed by atoms with van der Waals surface area (Å²) in [6.45, 7) is 5.86. The molecule has 1 amide bonds. The molecule has 2 N–H and O–H groups in total. The molecule has 1 saturated heterocycles. The van der Waals surface area contributed by atoms with Crippen molar-refractivity contribution in [3.05, 3.63) is 23.8 Å². The lowest BCUT2D eigenvalue weighted by Crippen LogP contribution is -2.36. The third-order valence-electron chi connectivity index (χ3n) is 2.93. The lowest BCUT2D eigenvalue weighted by Gasteiger charge is -2.14. The van der Waals surface area contributed by atoms with Crippen molar-refractivity contribution in [1.29, 1.82) is 0 Å². The Labute approximate surface area is 113 Å². The fourth-order valence-corrected chi connectivity index (χ4v) is 2.02. The van der Waals surface area contributed by atoms with Crippen LogP contribution in [-0.4, -0.2) is 35.0 Å². The molecule has 0 bridgehead atoms. The molecule has 0 saturated carbocycles. The molecule has 1 aromatic rings. The monoisotopic (exact) mass is 270 g/mol. The standard InChI is InChI=1S/C12H18N4O.ClH/c1-8(2)11-10(6-14-7-15-11)12(17)16-9-3-4-13-5-9;/h6-9,13H,3-5H2,1-2H3,(H,16,17);1H. The van der Waals surface area contributed by atoms with Gasteiger partial charge in [0.05, 0.1) is 11.3 Å². The highest BCUT2D eigenvalue weighted by molar-refractivity contribution is 5.95. The first-order valence-electron chi connectivity index (χ1n) is 6.00. The number of nitrogens with one attached hydrogen (secondary N) is 2. The highest BCUT2D eigenvalue weighted by atomic mass is 35.5. The first kappa shape index (κ1) is 14.9. The summed E-state index contributed by atoms with van der Waals surface area (Å²) >= 11 is 0. The van der Waals surface area contributed by atoms with Crippen LogP contribution in [0.4, 0.5) is 0 Å². The van der Waals surface area contributed by atoms with Crippen molar-refractivity contribution >= 4 is 18.3 Å². The van der Waals surface area contributed by atoms with Gasteiger partial charge in [0, 0.05) is 18.8 Å². The molecule has 1 aliphatic heterocycles. The largest absolute Gasteiger partial charge is 0.348 e. The predicted octanol–water partition coefficient (Wildman–Crippen LogP) is 1.11. The molecule has 2 rings (SSSR count). The van der Waals surface area contributed by atoms with E-state index >= 15 is 0 Å². The van der Waals surface area contributed by atoms with Crippen LogP contribution in [0.15, 0.2) is 12.5 Å². The smallest absolute Gasteiger partial charge is 0.254 e. The Morgan fingerprint density at radius 2 is 2.33 bits per heavy atom. The maximum absolute atomic E-state index is 12.1. The van der Waals surface area contributed by atoms with E-state index in [2.05, 4.69) is 20.6 Å². The van der Waals surface area contributed by atoms with Gasteiger partial charge in [-0.2, -0.15) is 0 Å². The Balaban J connectivity index is 0.00000162. The molecule has 0 aromatic carbocycles. The number of amides is 1. The third-order valence-corrected chi connectivity index (χ3v) is 2.93. The second-order valence-corrected chi connectivity index (χ2v) is 4.64. The molecule has 5 nitrogen and oxygen atoms in total. The van der Waals surface area contributed by atoms with Crippen LogP contribution in [0.3, 0.4) is 0 Å². The van der Waals surface area contributed by atoms with Gasteiger partial charge in [-0.15, -0.1) is 12.4 Å². The zero-order valence-electron chi connectivity index (χ0n) is 10.6. The van der Waals surface area contributed by atoms with E-state index in [4.69, 9.17) is 0 Å². The fourth-order valence-electron chi connectivity index (χ4n) is 2.02. The zero-order chi connectivity index (χ0) is 12.3. The van der Waals surface area contributed by atoms with Crippen LogP contribution in [0, 0.1) is 0 Å².